The number of fused-ring (bicyclic) bond motifs is 2. The third kappa shape index (κ3) is 5.00. The van der Waals surface area contributed by atoms with E-state index in [1.54, 1.807) is 11.0 Å². The summed E-state index contributed by atoms with van der Waals surface area (Å²) in [7, 11) is 0. The van der Waals surface area contributed by atoms with Gasteiger partial charge in [0, 0.05) is 37.4 Å². The fourth-order valence-electron chi connectivity index (χ4n) is 6.05. The average molecular weight is 562 g/mol. The Balaban J connectivity index is 1.29. The summed E-state index contributed by atoms with van der Waals surface area (Å²) in [5.41, 5.74) is 9.82. The van der Waals surface area contributed by atoms with E-state index in [-0.39, 0.29) is 11.9 Å². The Kier molecular flexibility index (Phi) is 6.88. The van der Waals surface area contributed by atoms with Crippen molar-refractivity contribution in [3.8, 4) is 11.3 Å². The van der Waals surface area contributed by atoms with E-state index in [2.05, 4.69) is 16.5 Å². The molecule has 1 amide bonds. The molecule has 2 aromatic carbocycles. The third-order valence-corrected chi connectivity index (χ3v) is 8.00. The predicted octanol–water partition coefficient (Wildman–Crippen LogP) is 5.40. The number of piperidine rings is 1. The topological polar surface area (TPSA) is 93.2 Å². The van der Waals surface area contributed by atoms with Crippen LogP contribution in [0.1, 0.15) is 42.0 Å². The standard InChI is InChI=1S/C30H30F3N7O/c1-2-25(41)39-15-4-6-21(17-39)40-29-26(28(34)35-18-36-29)27(37-40)20-12-10-19(11-13-20)16-38-14-5-7-22-23(30(31,32)33)8-3-9-24(22)38/h2-3,8-13,18,21H,1,4-7,14-17H2,(H2,34,35,36). The van der Waals surface area contributed by atoms with E-state index in [4.69, 9.17) is 10.8 Å². The van der Waals surface area contributed by atoms with Crippen LogP contribution in [0.3, 0.4) is 0 Å². The quantitative estimate of drug-likeness (QED) is 0.328. The summed E-state index contributed by atoms with van der Waals surface area (Å²) in [5.74, 6) is 0.211. The van der Waals surface area contributed by atoms with Crippen LogP contribution in [0, 0.1) is 0 Å². The maximum atomic E-state index is 13.6. The van der Waals surface area contributed by atoms with Gasteiger partial charge in [-0.05, 0) is 55.0 Å². The average Bonchev–Trinajstić information content (AvgIpc) is 3.38. The molecule has 1 atom stereocenters. The van der Waals surface area contributed by atoms with Gasteiger partial charge in [0.25, 0.3) is 0 Å². The Morgan fingerprint density at radius 1 is 1.10 bits per heavy atom. The molecule has 4 heterocycles. The molecule has 212 valence electrons. The summed E-state index contributed by atoms with van der Waals surface area (Å²) in [4.78, 5) is 24.7. The number of nitrogen functional groups attached to an aromatic ring is 1. The summed E-state index contributed by atoms with van der Waals surface area (Å²) in [5, 5.41) is 5.57. The van der Waals surface area contributed by atoms with Crippen molar-refractivity contribution in [2.45, 2.75) is 44.4 Å². The first-order valence-electron chi connectivity index (χ1n) is 13.7. The fraction of sp³-hybridized carbons (Fsp3) is 0.333. The third-order valence-electron chi connectivity index (χ3n) is 8.00. The lowest BCUT2D eigenvalue weighted by molar-refractivity contribution is -0.138. The Hall–Kier alpha value is -4.41. The van der Waals surface area contributed by atoms with E-state index >= 15 is 0 Å². The van der Waals surface area contributed by atoms with Crippen LogP contribution in [0.2, 0.25) is 0 Å². The van der Waals surface area contributed by atoms with E-state index in [0.29, 0.717) is 72.8 Å². The first-order chi connectivity index (χ1) is 19.7. The highest BCUT2D eigenvalue weighted by Gasteiger charge is 2.35. The smallest absolute Gasteiger partial charge is 0.383 e. The number of benzene rings is 2. The van der Waals surface area contributed by atoms with Crippen LogP contribution in [-0.4, -0.2) is 50.2 Å². The number of rotatable bonds is 5. The maximum Gasteiger partial charge on any atom is 0.416 e. The molecule has 2 N–H and O–H groups in total. The molecule has 1 saturated heterocycles. The molecule has 41 heavy (non-hydrogen) atoms. The minimum atomic E-state index is -4.37. The van der Waals surface area contributed by atoms with Crippen LogP contribution in [0.5, 0.6) is 0 Å². The van der Waals surface area contributed by atoms with Crippen LogP contribution in [0.15, 0.2) is 61.4 Å². The van der Waals surface area contributed by atoms with Crippen LogP contribution in [0.4, 0.5) is 24.7 Å². The van der Waals surface area contributed by atoms with E-state index < -0.39 is 11.7 Å². The largest absolute Gasteiger partial charge is 0.416 e. The van der Waals surface area contributed by atoms with Crippen molar-refractivity contribution in [1.82, 2.24) is 24.6 Å². The minimum Gasteiger partial charge on any atom is -0.383 e. The molecule has 0 spiro atoms. The number of carbonyl (C=O) groups is 1. The Labute approximate surface area is 235 Å². The number of nitrogens with two attached hydrogens (primary N) is 1. The van der Waals surface area contributed by atoms with Gasteiger partial charge in [0.05, 0.1) is 17.0 Å². The number of nitrogens with zero attached hydrogens (tertiary/aromatic N) is 6. The molecule has 1 unspecified atom stereocenters. The summed E-state index contributed by atoms with van der Waals surface area (Å²) in [6, 6.07) is 12.2. The Morgan fingerprint density at radius 2 is 1.90 bits per heavy atom. The van der Waals surface area contributed by atoms with Crippen molar-refractivity contribution in [2.24, 2.45) is 0 Å². The van der Waals surface area contributed by atoms with Gasteiger partial charge in [-0.2, -0.15) is 18.3 Å². The summed E-state index contributed by atoms with van der Waals surface area (Å²) >= 11 is 0. The second kappa shape index (κ2) is 10.5. The van der Waals surface area contributed by atoms with Crippen molar-refractivity contribution in [2.75, 3.05) is 30.3 Å². The summed E-state index contributed by atoms with van der Waals surface area (Å²) < 4.78 is 42.7. The van der Waals surface area contributed by atoms with Crippen molar-refractivity contribution in [3.05, 3.63) is 78.1 Å². The lowest BCUT2D eigenvalue weighted by Crippen LogP contribution is -2.40. The number of likely N-dealkylation sites (tertiary alicyclic amines) is 1. The fourth-order valence-corrected chi connectivity index (χ4v) is 6.05. The number of halogens is 3. The molecule has 8 nitrogen and oxygen atoms in total. The molecule has 2 aromatic heterocycles. The molecule has 0 bridgehead atoms. The molecule has 1 fully saturated rings. The van der Waals surface area contributed by atoms with Gasteiger partial charge in [0.1, 0.15) is 17.8 Å². The van der Waals surface area contributed by atoms with Crippen molar-refractivity contribution in [3.63, 3.8) is 0 Å². The second-order valence-corrected chi connectivity index (χ2v) is 10.6. The number of aromatic nitrogens is 4. The molecule has 4 aromatic rings. The van der Waals surface area contributed by atoms with Gasteiger partial charge >= 0.3 is 6.18 Å². The molecular weight excluding hydrogens is 531 g/mol. The maximum absolute atomic E-state index is 13.6. The molecule has 0 radical (unpaired) electrons. The normalized spacial score (nSPS) is 17.5. The Morgan fingerprint density at radius 3 is 2.66 bits per heavy atom. The van der Waals surface area contributed by atoms with Gasteiger partial charge in [-0.3, -0.25) is 4.79 Å². The number of alkyl halides is 3. The highest BCUT2D eigenvalue weighted by molar-refractivity contribution is 5.98. The van der Waals surface area contributed by atoms with Gasteiger partial charge in [-0.25, -0.2) is 14.6 Å². The zero-order valence-corrected chi connectivity index (χ0v) is 22.4. The zero-order chi connectivity index (χ0) is 28.7. The lowest BCUT2D eigenvalue weighted by atomic mass is 9.95. The summed E-state index contributed by atoms with van der Waals surface area (Å²) in [6.45, 7) is 5.95. The molecule has 2 aliphatic rings. The van der Waals surface area contributed by atoms with E-state index in [0.717, 1.165) is 30.0 Å². The number of anilines is 2. The Bertz CT molecular complexity index is 1610. The molecule has 0 aliphatic carbocycles. The van der Waals surface area contributed by atoms with Gasteiger partial charge in [0.2, 0.25) is 5.91 Å². The number of carbonyl (C=O) groups excluding carboxylic acids is 1. The second-order valence-electron chi connectivity index (χ2n) is 10.6. The minimum absolute atomic E-state index is 0.0711. The van der Waals surface area contributed by atoms with Gasteiger partial charge < -0.3 is 15.5 Å². The van der Waals surface area contributed by atoms with Crippen LogP contribution >= 0.6 is 0 Å². The molecule has 0 saturated carbocycles. The molecule has 2 aliphatic heterocycles. The first kappa shape index (κ1) is 26.8. The van der Waals surface area contributed by atoms with Gasteiger partial charge in [0.15, 0.2) is 5.65 Å². The first-order valence-corrected chi connectivity index (χ1v) is 13.7. The lowest BCUT2D eigenvalue weighted by Gasteiger charge is -2.33. The van der Waals surface area contributed by atoms with E-state index in [1.807, 2.05) is 33.8 Å². The summed E-state index contributed by atoms with van der Waals surface area (Å²) in [6.07, 6.45) is 1.13. The van der Waals surface area contributed by atoms with Crippen LogP contribution < -0.4 is 10.6 Å². The van der Waals surface area contributed by atoms with Crippen molar-refractivity contribution < 1.29 is 18.0 Å². The zero-order valence-electron chi connectivity index (χ0n) is 22.4. The van der Waals surface area contributed by atoms with Gasteiger partial charge in [-0.15, -0.1) is 0 Å². The van der Waals surface area contributed by atoms with Crippen molar-refractivity contribution >= 4 is 28.4 Å². The highest BCUT2D eigenvalue weighted by atomic mass is 19.4. The van der Waals surface area contributed by atoms with E-state index in [9.17, 15) is 18.0 Å². The van der Waals surface area contributed by atoms with E-state index in [1.165, 1.54) is 18.5 Å². The monoisotopic (exact) mass is 561 g/mol. The van der Waals surface area contributed by atoms with Crippen molar-refractivity contribution in [1.29, 1.82) is 0 Å². The molecular formula is C30H30F3N7O. The number of hydrogen-bond donors (Lipinski definition) is 1. The van der Waals surface area contributed by atoms with Crippen LogP contribution in [-0.2, 0) is 23.9 Å². The molecule has 11 heteroatoms. The molecule has 6 rings (SSSR count). The van der Waals surface area contributed by atoms with Crippen LogP contribution in [0.25, 0.3) is 22.3 Å². The number of amides is 1. The predicted molar refractivity (Wildman–Crippen MR) is 151 cm³/mol. The van der Waals surface area contributed by atoms with Gasteiger partial charge in [-0.1, -0.05) is 36.9 Å². The number of hydrogen-bond acceptors (Lipinski definition) is 6. The highest BCUT2D eigenvalue weighted by Crippen LogP contribution is 2.40. The SMILES string of the molecule is C=CC(=O)N1CCCC(n2nc(-c3ccc(CN4CCCc5c4cccc5C(F)(F)F)cc3)c3c(N)ncnc32)C1.